The van der Waals surface area contributed by atoms with E-state index in [1.165, 1.54) is 0 Å². The van der Waals surface area contributed by atoms with Gasteiger partial charge in [0.25, 0.3) is 0 Å². The van der Waals surface area contributed by atoms with Crippen LogP contribution in [0.15, 0.2) is 188 Å². The molecular formula is C51H31N5. The van der Waals surface area contributed by atoms with Crippen molar-refractivity contribution in [2.24, 2.45) is 0 Å². The molecule has 6 aromatic carbocycles. The molecule has 0 radical (unpaired) electrons. The van der Waals surface area contributed by atoms with Crippen LogP contribution >= 0.6 is 0 Å². The second-order valence-electron chi connectivity index (χ2n) is 14.2. The second kappa shape index (κ2) is 13.0. The minimum absolute atomic E-state index is 0.906. The molecule has 0 bridgehead atoms. The third-order valence-electron chi connectivity index (χ3n) is 10.7. The Morgan fingerprint density at radius 3 is 1.54 bits per heavy atom. The molecule has 0 aliphatic heterocycles. The summed E-state index contributed by atoms with van der Waals surface area (Å²) in [6.07, 6.45) is 3.73. The van der Waals surface area contributed by atoms with E-state index >= 15 is 0 Å². The summed E-state index contributed by atoms with van der Waals surface area (Å²) in [5, 5.41) is 6.57. The van der Waals surface area contributed by atoms with Crippen LogP contribution in [0, 0.1) is 0 Å². The smallest absolute Gasteiger partial charge is 0.0972 e. The van der Waals surface area contributed by atoms with Crippen molar-refractivity contribution >= 4 is 54.4 Å². The Morgan fingerprint density at radius 1 is 0.304 bits per heavy atom. The monoisotopic (exact) mass is 713 g/mol. The van der Waals surface area contributed by atoms with E-state index in [1.54, 1.807) is 0 Å². The van der Waals surface area contributed by atoms with Gasteiger partial charge in [-0.05, 0) is 59.0 Å². The second-order valence-corrected chi connectivity index (χ2v) is 14.2. The van der Waals surface area contributed by atoms with E-state index in [0.29, 0.717) is 0 Å². The predicted molar refractivity (Wildman–Crippen MR) is 230 cm³/mol. The average molecular weight is 714 g/mol. The van der Waals surface area contributed by atoms with Crippen molar-refractivity contribution in [3.63, 3.8) is 0 Å². The summed E-state index contributed by atoms with van der Waals surface area (Å²) >= 11 is 0. The molecule has 0 unspecified atom stereocenters. The molecule has 5 nitrogen and oxygen atoms in total. The molecule has 0 N–H and O–H groups in total. The van der Waals surface area contributed by atoms with Gasteiger partial charge in [0.1, 0.15) is 0 Å². The molecule has 5 heteroatoms. The summed E-state index contributed by atoms with van der Waals surface area (Å²) in [5.74, 6) is 0. The molecule has 260 valence electrons. The molecule has 0 spiro atoms. The Hall–Kier alpha value is -7.63. The standard InChI is InChI=1S/C51H31N5/c1-2-5-33(6-3-1)44-24-21-37-15-16-38-22-25-45(56-51(38)50(37)55-44)34-11-9-32(10-12-34)39-17-13-35-19-23-46(53-48(35)29-39)40-18-14-36-20-26-47(54-49(36)30-40)43-8-4-7-41-31-52-28-27-42(41)43/h1-31H. The van der Waals surface area contributed by atoms with Gasteiger partial charge in [0.05, 0.1) is 44.8 Å². The fourth-order valence-corrected chi connectivity index (χ4v) is 7.76. The third kappa shape index (κ3) is 5.62. The average Bonchev–Trinajstić information content (AvgIpc) is 3.28. The summed E-state index contributed by atoms with van der Waals surface area (Å²) < 4.78 is 0. The van der Waals surface area contributed by atoms with Crippen LogP contribution in [-0.4, -0.2) is 24.9 Å². The fourth-order valence-electron chi connectivity index (χ4n) is 7.76. The lowest BCUT2D eigenvalue weighted by atomic mass is 10.00. The molecule has 11 aromatic rings. The quantitative estimate of drug-likeness (QED) is 0.166. The van der Waals surface area contributed by atoms with Crippen molar-refractivity contribution in [2.75, 3.05) is 0 Å². The number of nitrogens with zero attached hydrogens (tertiary/aromatic N) is 5. The molecular weight excluding hydrogens is 683 g/mol. The number of rotatable bonds is 5. The zero-order chi connectivity index (χ0) is 37.0. The first kappa shape index (κ1) is 31.9. The van der Waals surface area contributed by atoms with Gasteiger partial charge in [-0.2, -0.15) is 0 Å². The highest BCUT2D eigenvalue weighted by molar-refractivity contribution is 6.04. The Morgan fingerprint density at radius 2 is 0.821 bits per heavy atom. The normalized spacial score (nSPS) is 11.6. The van der Waals surface area contributed by atoms with E-state index in [4.69, 9.17) is 19.9 Å². The van der Waals surface area contributed by atoms with E-state index in [2.05, 4.69) is 163 Å². The lowest BCUT2D eigenvalue weighted by Gasteiger charge is -2.10. The highest BCUT2D eigenvalue weighted by Crippen LogP contribution is 2.33. The summed E-state index contributed by atoms with van der Waals surface area (Å²) in [6, 6.07) is 61.3. The van der Waals surface area contributed by atoms with Crippen LogP contribution < -0.4 is 0 Å². The summed E-state index contributed by atoms with van der Waals surface area (Å²) in [7, 11) is 0. The molecule has 0 saturated carbocycles. The zero-order valence-corrected chi connectivity index (χ0v) is 30.1. The topological polar surface area (TPSA) is 64.5 Å². The maximum Gasteiger partial charge on any atom is 0.0972 e. The van der Waals surface area contributed by atoms with Crippen molar-refractivity contribution in [3.8, 4) is 56.2 Å². The molecule has 0 fully saturated rings. The molecule has 5 heterocycles. The van der Waals surface area contributed by atoms with Gasteiger partial charge in [0, 0.05) is 61.6 Å². The first-order valence-corrected chi connectivity index (χ1v) is 18.7. The Bertz CT molecular complexity index is 3300. The molecule has 11 rings (SSSR count). The van der Waals surface area contributed by atoms with Crippen LogP contribution in [0.5, 0.6) is 0 Å². The lowest BCUT2D eigenvalue weighted by Crippen LogP contribution is -1.91. The maximum absolute atomic E-state index is 5.16. The van der Waals surface area contributed by atoms with E-state index in [1.807, 2.05) is 30.6 Å². The molecule has 0 amide bonds. The first-order valence-electron chi connectivity index (χ1n) is 18.7. The van der Waals surface area contributed by atoms with Gasteiger partial charge in [-0.25, -0.2) is 19.9 Å². The van der Waals surface area contributed by atoms with E-state index in [-0.39, 0.29) is 0 Å². The number of hydrogen-bond acceptors (Lipinski definition) is 5. The summed E-state index contributed by atoms with van der Waals surface area (Å²) in [5.41, 5.74) is 13.9. The number of pyridine rings is 5. The van der Waals surface area contributed by atoms with E-state index in [0.717, 1.165) is 111 Å². The molecule has 0 aliphatic carbocycles. The highest BCUT2D eigenvalue weighted by Gasteiger charge is 2.12. The minimum Gasteiger partial charge on any atom is -0.264 e. The largest absolute Gasteiger partial charge is 0.264 e. The Balaban J connectivity index is 0.906. The van der Waals surface area contributed by atoms with Crippen LogP contribution in [0.2, 0.25) is 0 Å². The fraction of sp³-hybridized carbons (Fsp3) is 0. The molecule has 5 aromatic heterocycles. The zero-order valence-electron chi connectivity index (χ0n) is 30.1. The number of hydrogen-bond donors (Lipinski definition) is 0. The van der Waals surface area contributed by atoms with Crippen LogP contribution in [-0.2, 0) is 0 Å². The minimum atomic E-state index is 0.906. The summed E-state index contributed by atoms with van der Waals surface area (Å²) in [4.78, 5) is 24.8. The SMILES string of the molecule is c1ccc(-c2ccc3ccc4ccc(-c5ccc(-c6ccc7ccc(-c8ccc9ccc(-c%10cccc%11cnccc%10%11)nc9c8)nc7c6)cc5)nc4c3n2)cc1. The van der Waals surface area contributed by atoms with E-state index in [9.17, 15) is 0 Å². The Labute approximate surface area is 322 Å². The van der Waals surface area contributed by atoms with Gasteiger partial charge in [-0.15, -0.1) is 0 Å². The van der Waals surface area contributed by atoms with Crippen molar-refractivity contribution in [2.45, 2.75) is 0 Å². The molecule has 0 saturated heterocycles. The van der Waals surface area contributed by atoms with Crippen LogP contribution in [0.25, 0.3) is 111 Å². The van der Waals surface area contributed by atoms with Crippen LogP contribution in [0.4, 0.5) is 0 Å². The van der Waals surface area contributed by atoms with Crippen molar-refractivity contribution in [1.82, 2.24) is 24.9 Å². The van der Waals surface area contributed by atoms with Crippen molar-refractivity contribution in [3.05, 3.63) is 188 Å². The van der Waals surface area contributed by atoms with E-state index < -0.39 is 0 Å². The van der Waals surface area contributed by atoms with Gasteiger partial charge in [-0.1, -0.05) is 133 Å². The van der Waals surface area contributed by atoms with Gasteiger partial charge in [0.15, 0.2) is 0 Å². The lowest BCUT2D eigenvalue weighted by molar-refractivity contribution is 1.36. The van der Waals surface area contributed by atoms with Crippen LogP contribution in [0.3, 0.4) is 0 Å². The van der Waals surface area contributed by atoms with Gasteiger partial charge in [-0.3, -0.25) is 4.98 Å². The first-order chi connectivity index (χ1) is 27.7. The number of fused-ring (bicyclic) bond motifs is 6. The van der Waals surface area contributed by atoms with Gasteiger partial charge >= 0.3 is 0 Å². The molecule has 0 atom stereocenters. The highest BCUT2D eigenvalue weighted by atomic mass is 14.8. The van der Waals surface area contributed by atoms with Crippen LogP contribution in [0.1, 0.15) is 0 Å². The maximum atomic E-state index is 5.16. The van der Waals surface area contributed by atoms with Crippen molar-refractivity contribution < 1.29 is 0 Å². The molecule has 56 heavy (non-hydrogen) atoms. The third-order valence-corrected chi connectivity index (χ3v) is 10.7. The van der Waals surface area contributed by atoms with Gasteiger partial charge in [0.2, 0.25) is 0 Å². The number of aromatic nitrogens is 5. The number of benzene rings is 6. The predicted octanol–water partition coefficient (Wildman–Crippen LogP) is 12.8. The Kier molecular flexibility index (Phi) is 7.42. The van der Waals surface area contributed by atoms with Crippen molar-refractivity contribution in [1.29, 1.82) is 0 Å². The molecule has 0 aliphatic rings. The van der Waals surface area contributed by atoms with Gasteiger partial charge < -0.3 is 0 Å². The summed E-state index contributed by atoms with van der Waals surface area (Å²) in [6.45, 7) is 0.